The third-order valence-electron chi connectivity index (χ3n) is 5.09. The highest BCUT2D eigenvalue weighted by atomic mass is 31.2. The Bertz CT molecular complexity index is 1090. The second-order valence-corrected chi connectivity index (χ2v) is 10.4. The number of esters is 1. The molecule has 1 unspecified atom stereocenters. The highest BCUT2D eigenvalue weighted by molar-refractivity contribution is 7.52. The van der Waals surface area contributed by atoms with Crippen LogP contribution in [0.5, 0.6) is 11.5 Å². The van der Waals surface area contributed by atoms with Crippen LogP contribution in [0.3, 0.4) is 0 Å². The van der Waals surface area contributed by atoms with E-state index >= 15 is 0 Å². The molecule has 0 aliphatic heterocycles. The Hall–Kier alpha value is -2.65. The molecule has 0 radical (unpaired) electrons. The summed E-state index contributed by atoms with van der Waals surface area (Å²) in [5.41, 5.74) is 0.630. The van der Waals surface area contributed by atoms with E-state index in [4.69, 9.17) is 13.8 Å². The number of hydrogen-bond donors (Lipinski definition) is 1. The van der Waals surface area contributed by atoms with Crippen LogP contribution in [0.15, 0.2) is 24.3 Å². The fraction of sp³-hybridized carbons (Fsp3) is 0.409. The molecule has 1 saturated carbocycles. The first-order valence-corrected chi connectivity index (χ1v) is 11.9. The molecule has 0 saturated heterocycles. The summed E-state index contributed by atoms with van der Waals surface area (Å²) < 4.78 is 97.1. The molecule has 3 rings (SSSR count). The van der Waals surface area contributed by atoms with Gasteiger partial charge in [0.15, 0.2) is 0 Å². The smallest absolute Gasteiger partial charge is 0.461 e. The van der Waals surface area contributed by atoms with Gasteiger partial charge in [-0.2, -0.15) is 13.9 Å². The van der Waals surface area contributed by atoms with Gasteiger partial charge in [-0.25, -0.2) is 17.7 Å². The van der Waals surface area contributed by atoms with Crippen LogP contribution >= 0.6 is 7.75 Å². The van der Waals surface area contributed by atoms with Crippen molar-refractivity contribution in [2.24, 2.45) is 0 Å². The standard InChI is InChI=1S/C22H23F5NO5P/c1-22(2,3)12-7-9-14(10-8-12)32-34(30,28-11-15(29)31-13-5-4-6-13)33-21-19(26)17(24)16(23)18(25)20(21)27/h7-10,13H,4-6,11H2,1-3H3,(H,28,30). The van der Waals surface area contributed by atoms with Crippen molar-refractivity contribution in [3.63, 3.8) is 0 Å². The molecule has 1 aliphatic rings. The maximum atomic E-state index is 14.1. The van der Waals surface area contributed by atoms with Crippen molar-refractivity contribution in [3.8, 4) is 11.5 Å². The number of carbonyl (C=O) groups excluding carboxylic acids is 1. The van der Waals surface area contributed by atoms with Crippen LogP contribution in [0.25, 0.3) is 0 Å². The molecular weight excluding hydrogens is 484 g/mol. The Kier molecular flexibility index (Phi) is 7.57. The van der Waals surface area contributed by atoms with Crippen molar-refractivity contribution >= 4 is 13.7 Å². The van der Waals surface area contributed by atoms with Crippen LogP contribution in [-0.2, 0) is 19.5 Å². The first-order chi connectivity index (χ1) is 15.8. The number of carbonyl (C=O) groups is 1. The van der Waals surface area contributed by atoms with Crippen LogP contribution in [0.1, 0.15) is 45.6 Å². The molecule has 6 nitrogen and oxygen atoms in total. The van der Waals surface area contributed by atoms with E-state index in [0.29, 0.717) is 12.8 Å². The topological polar surface area (TPSA) is 73.9 Å². The molecule has 2 aromatic rings. The Morgan fingerprint density at radius 3 is 1.94 bits per heavy atom. The molecule has 0 bridgehead atoms. The number of ether oxygens (including phenoxy) is 1. The average Bonchev–Trinajstić information content (AvgIpc) is 2.75. The van der Waals surface area contributed by atoms with Gasteiger partial charge < -0.3 is 13.8 Å². The van der Waals surface area contributed by atoms with E-state index in [0.717, 1.165) is 12.0 Å². The lowest BCUT2D eigenvalue weighted by molar-refractivity contribution is -0.151. The second-order valence-electron chi connectivity index (χ2n) is 8.73. The molecule has 1 aliphatic carbocycles. The van der Waals surface area contributed by atoms with Crippen molar-refractivity contribution in [2.45, 2.75) is 51.6 Å². The summed E-state index contributed by atoms with van der Waals surface area (Å²) in [7, 11) is -4.90. The summed E-state index contributed by atoms with van der Waals surface area (Å²) in [5, 5.41) is 2.06. The molecule has 2 aromatic carbocycles. The lowest BCUT2D eigenvalue weighted by Crippen LogP contribution is -2.32. The monoisotopic (exact) mass is 507 g/mol. The third-order valence-corrected chi connectivity index (χ3v) is 6.51. The summed E-state index contributed by atoms with van der Waals surface area (Å²) >= 11 is 0. The van der Waals surface area contributed by atoms with Crippen molar-refractivity contribution < 1.29 is 45.1 Å². The maximum Gasteiger partial charge on any atom is 0.513 e. The molecule has 0 spiro atoms. The molecule has 1 fully saturated rings. The number of rotatable bonds is 8. The molecule has 34 heavy (non-hydrogen) atoms. The van der Waals surface area contributed by atoms with Gasteiger partial charge in [0.25, 0.3) is 0 Å². The van der Waals surface area contributed by atoms with E-state index < -0.39 is 55.1 Å². The van der Waals surface area contributed by atoms with Gasteiger partial charge in [-0.05, 0) is 42.4 Å². The van der Waals surface area contributed by atoms with Gasteiger partial charge in [0.2, 0.25) is 34.8 Å². The fourth-order valence-corrected chi connectivity index (χ4v) is 4.19. The summed E-state index contributed by atoms with van der Waals surface area (Å²) in [6, 6.07) is 6.01. The van der Waals surface area contributed by atoms with Gasteiger partial charge >= 0.3 is 13.7 Å². The van der Waals surface area contributed by atoms with E-state index in [1.807, 2.05) is 20.8 Å². The van der Waals surface area contributed by atoms with E-state index in [2.05, 4.69) is 5.09 Å². The van der Waals surface area contributed by atoms with Crippen LogP contribution < -0.4 is 14.1 Å². The number of nitrogens with one attached hydrogen (secondary N) is 1. The zero-order valence-corrected chi connectivity index (χ0v) is 19.5. The van der Waals surface area contributed by atoms with E-state index in [-0.39, 0.29) is 17.3 Å². The minimum absolute atomic E-state index is 0.111. The van der Waals surface area contributed by atoms with Gasteiger partial charge in [0.1, 0.15) is 18.4 Å². The van der Waals surface area contributed by atoms with Crippen molar-refractivity contribution in [1.82, 2.24) is 5.09 Å². The van der Waals surface area contributed by atoms with Crippen LogP contribution in [0.2, 0.25) is 0 Å². The number of halogens is 5. The summed E-state index contributed by atoms with van der Waals surface area (Å²) in [4.78, 5) is 12.0. The first kappa shape index (κ1) is 26.0. The molecule has 186 valence electrons. The van der Waals surface area contributed by atoms with Crippen LogP contribution in [0, 0.1) is 29.1 Å². The highest BCUT2D eigenvalue weighted by Crippen LogP contribution is 2.47. The van der Waals surface area contributed by atoms with Gasteiger partial charge in [-0.3, -0.25) is 4.79 Å². The Balaban J connectivity index is 1.88. The normalized spacial score (nSPS) is 15.9. The minimum Gasteiger partial charge on any atom is -0.461 e. The highest BCUT2D eigenvalue weighted by Gasteiger charge is 2.36. The van der Waals surface area contributed by atoms with Crippen molar-refractivity contribution in [1.29, 1.82) is 0 Å². The van der Waals surface area contributed by atoms with Crippen molar-refractivity contribution in [3.05, 3.63) is 58.9 Å². The maximum absolute atomic E-state index is 14.1. The Morgan fingerprint density at radius 1 is 0.941 bits per heavy atom. The molecular formula is C22H23F5NO5P. The lowest BCUT2D eigenvalue weighted by atomic mass is 9.87. The van der Waals surface area contributed by atoms with E-state index in [1.165, 1.54) is 12.1 Å². The molecule has 0 amide bonds. The number of hydrogen-bond acceptors (Lipinski definition) is 5. The largest absolute Gasteiger partial charge is 0.513 e. The Labute approximate surface area is 193 Å². The van der Waals surface area contributed by atoms with Gasteiger partial charge in [0.05, 0.1) is 0 Å². The zero-order chi connectivity index (χ0) is 25.3. The van der Waals surface area contributed by atoms with Crippen molar-refractivity contribution in [2.75, 3.05) is 6.54 Å². The predicted octanol–water partition coefficient (Wildman–Crippen LogP) is 5.93. The SMILES string of the molecule is CC(C)(C)c1ccc(OP(=O)(NCC(=O)OC2CCC2)Oc2c(F)c(F)c(F)c(F)c2F)cc1. The summed E-state index contributed by atoms with van der Waals surface area (Å²) in [6.45, 7) is 5.04. The molecule has 1 atom stereocenters. The van der Waals surface area contributed by atoms with Gasteiger partial charge in [0, 0.05) is 0 Å². The van der Waals surface area contributed by atoms with E-state index in [9.17, 15) is 31.3 Å². The Morgan fingerprint density at radius 2 is 1.47 bits per heavy atom. The average molecular weight is 507 g/mol. The van der Waals surface area contributed by atoms with Gasteiger partial charge in [-0.15, -0.1) is 0 Å². The summed E-state index contributed by atoms with van der Waals surface area (Å²) in [6.07, 6.45) is 1.87. The lowest BCUT2D eigenvalue weighted by Gasteiger charge is -2.26. The third kappa shape index (κ3) is 5.88. The second kappa shape index (κ2) is 9.92. The minimum atomic E-state index is -4.90. The molecule has 0 aromatic heterocycles. The first-order valence-electron chi connectivity index (χ1n) is 10.4. The molecule has 0 heterocycles. The van der Waals surface area contributed by atoms with E-state index in [1.54, 1.807) is 12.1 Å². The molecule has 1 N–H and O–H groups in total. The quantitative estimate of drug-likeness (QED) is 0.157. The van der Waals surface area contributed by atoms with Gasteiger partial charge in [-0.1, -0.05) is 32.9 Å². The number of benzene rings is 2. The molecule has 12 heteroatoms. The predicted molar refractivity (Wildman–Crippen MR) is 112 cm³/mol. The summed E-state index contributed by atoms with van der Waals surface area (Å²) in [5.74, 6) is -14.5. The van der Waals surface area contributed by atoms with Crippen LogP contribution in [-0.4, -0.2) is 18.6 Å². The fourth-order valence-electron chi connectivity index (χ4n) is 2.90. The van der Waals surface area contributed by atoms with Crippen LogP contribution in [0.4, 0.5) is 22.0 Å². The zero-order valence-electron chi connectivity index (χ0n) is 18.6.